The van der Waals surface area contributed by atoms with Gasteiger partial charge in [0.25, 0.3) is 0 Å². The van der Waals surface area contributed by atoms with Gasteiger partial charge in [-0.15, -0.1) is 0 Å². The van der Waals surface area contributed by atoms with Gasteiger partial charge in [0.05, 0.1) is 0 Å². The second kappa shape index (κ2) is 7.51. The van der Waals surface area contributed by atoms with E-state index in [9.17, 15) is 22.8 Å². The lowest BCUT2D eigenvalue weighted by Gasteiger charge is -2.22. The molecule has 0 saturated carbocycles. The first kappa shape index (κ1) is 16.8. The molecule has 116 valence electrons. The number of halogens is 3. The van der Waals surface area contributed by atoms with Gasteiger partial charge >= 0.3 is 18.2 Å². The van der Waals surface area contributed by atoms with Gasteiger partial charge in [-0.25, -0.2) is 4.79 Å². The molecule has 0 aliphatic carbocycles. The number of amides is 1. The molecule has 0 saturated heterocycles. The zero-order valence-electron chi connectivity index (χ0n) is 11.0. The molecular formula is C13H14F3NO4. The Kier molecular flexibility index (Phi) is 6.01. The SMILES string of the molecule is O=C(O)CCCN(C(=O)OCC(F)(F)F)c1ccccc1. The summed E-state index contributed by atoms with van der Waals surface area (Å²) >= 11 is 0. The molecule has 0 bridgehead atoms. The largest absolute Gasteiger partial charge is 0.481 e. The first-order valence-corrected chi connectivity index (χ1v) is 6.07. The van der Waals surface area contributed by atoms with Crippen LogP contribution in [-0.4, -0.2) is 36.5 Å². The number of hydrogen-bond acceptors (Lipinski definition) is 3. The van der Waals surface area contributed by atoms with Crippen molar-refractivity contribution in [2.24, 2.45) is 0 Å². The maximum Gasteiger partial charge on any atom is 0.422 e. The molecule has 1 N–H and O–H groups in total. The molecule has 0 unspecified atom stereocenters. The summed E-state index contributed by atoms with van der Waals surface area (Å²) in [4.78, 5) is 23.2. The molecule has 1 amide bonds. The normalized spacial score (nSPS) is 11.0. The number of carbonyl (C=O) groups excluding carboxylic acids is 1. The second-order valence-corrected chi connectivity index (χ2v) is 4.15. The number of hydrogen-bond donors (Lipinski definition) is 1. The van der Waals surface area contributed by atoms with Crippen molar-refractivity contribution in [3.63, 3.8) is 0 Å². The molecule has 0 aromatic heterocycles. The van der Waals surface area contributed by atoms with Gasteiger partial charge in [-0.3, -0.25) is 9.69 Å². The zero-order chi connectivity index (χ0) is 15.9. The molecule has 8 heteroatoms. The number of para-hydroxylation sites is 1. The van der Waals surface area contributed by atoms with Crippen LogP contribution < -0.4 is 4.90 Å². The quantitative estimate of drug-likeness (QED) is 0.877. The van der Waals surface area contributed by atoms with Crippen molar-refractivity contribution in [3.05, 3.63) is 30.3 Å². The van der Waals surface area contributed by atoms with Crippen molar-refractivity contribution in [2.75, 3.05) is 18.1 Å². The number of anilines is 1. The fourth-order valence-corrected chi connectivity index (χ4v) is 1.54. The van der Waals surface area contributed by atoms with E-state index in [-0.39, 0.29) is 19.4 Å². The number of alkyl halides is 3. The highest BCUT2D eigenvalue weighted by molar-refractivity contribution is 5.87. The second-order valence-electron chi connectivity index (χ2n) is 4.15. The van der Waals surface area contributed by atoms with Gasteiger partial charge in [0, 0.05) is 18.7 Å². The predicted molar refractivity (Wildman–Crippen MR) is 68.1 cm³/mol. The summed E-state index contributed by atoms with van der Waals surface area (Å²) in [5, 5.41) is 8.56. The molecular weight excluding hydrogens is 291 g/mol. The number of carbonyl (C=O) groups is 2. The van der Waals surface area contributed by atoms with Crippen molar-refractivity contribution in [2.45, 2.75) is 19.0 Å². The Hall–Kier alpha value is -2.25. The van der Waals surface area contributed by atoms with E-state index in [4.69, 9.17) is 5.11 Å². The number of benzene rings is 1. The third-order valence-electron chi connectivity index (χ3n) is 2.42. The van der Waals surface area contributed by atoms with Gasteiger partial charge < -0.3 is 9.84 Å². The lowest BCUT2D eigenvalue weighted by Crippen LogP contribution is -2.35. The van der Waals surface area contributed by atoms with E-state index in [1.54, 1.807) is 18.2 Å². The monoisotopic (exact) mass is 305 g/mol. The zero-order valence-corrected chi connectivity index (χ0v) is 11.0. The molecule has 0 aliphatic heterocycles. The van der Waals surface area contributed by atoms with E-state index in [1.807, 2.05) is 0 Å². The molecule has 1 rings (SSSR count). The van der Waals surface area contributed by atoms with Crippen LogP contribution in [0.2, 0.25) is 0 Å². The van der Waals surface area contributed by atoms with Crippen molar-refractivity contribution >= 4 is 17.7 Å². The van der Waals surface area contributed by atoms with E-state index < -0.39 is 24.8 Å². The Bertz CT molecular complexity index is 476. The molecule has 0 atom stereocenters. The lowest BCUT2D eigenvalue weighted by molar-refractivity contribution is -0.159. The van der Waals surface area contributed by atoms with Crippen LogP contribution >= 0.6 is 0 Å². The van der Waals surface area contributed by atoms with E-state index in [1.165, 1.54) is 12.1 Å². The number of nitrogens with zero attached hydrogens (tertiary/aromatic N) is 1. The maximum absolute atomic E-state index is 12.1. The average molecular weight is 305 g/mol. The Morgan fingerprint density at radius 3 is 2.33 bits per heavy atom. The van der Waals surface area contributed by atoms with Crippen LogP contribution in [0.25, 0.3) is 0 Å². The molecule has 1 aromatic rings. The number of aliphatic carboxylic acids is 1. The number of ether oxygens (including phenoxy) is 1. The molecule has 21 heavy (non-hydrogen) atoms. The van der Waals surface area contributed by atoms with Crippen molar-refractivity contribution in [3.8, 4) is 0 Å². The first-order valence-electron chi connectivity index (χ1n) is 6.07. The number of carboxylic acids is 1. The van der Waals surface area contributed by atoms with Gasteiger partial charge in [0.15, 0.2) is 6.61 Å². The van der Waals surface area contributed by atoms with Gasteiger partial charge in [-0.2, -0.15) is 13.2 Å². The summed E-state index contributed by atoms with van der Waals surface area (Å²) < 4.78 is 40.4. The molecule has 5 nitrogen and oxygen atoms in total. The van der Waals surface area contributed by atoms with E-state index in [0.717, 1.165) is 4.90 Å². The van der Waals surface area contributed by atoms with Gasteiger partial charge in [0.1, 0.15) is 0 Å². The van der Waals surface area contributed by atoms with E-state index in [0.29, 0.717) is 5.69 Å². The topological polar surface area (TPSA) is 66.8 Å². The van der Waals surface area contributed by atoms with Crippen LogP contribution in [0.4, 0.5) is 23.7 Å². The van der Waals surface area contributed by atoms with Crippen LogP contribution in [0, 0.1) is 0 Å². The highest BCUT2D eigenvalue weighted by atomic mass is 19.4. The minimum Gasteiger partial charge on any atom is -0.481 e. The van der Waals surface area contributed by atoms with Gasteiger partial charge in [-0.05, 0) is 18.6 Å². The van der Waals surface area contributed by atoms with E-state index in [2.05, 4.69) is 4.74 Å². The Labute approximate surface area is 118 Å². The summed E-state index contributed by atoms with van der Waals surface area (Å²) in [7, 11) is 0. The highest BCUT2D eigenvalue weighted by Gasteiger charge is 2.31. The van der Waals surface area contributed by atoms with Crippen molar-refractivity contribution < 1.29 is 32.6 Å². The first-order chi connectivity index (χ1) is 9.79. The summed E-state index contributed by atoms with van der Waals surface area (Å²) in [6.07, 6.45) is -5.87. The van der Waals surface area contributed by atoms with Gasteiger partial charge in [-0.1, -0.05) is 18.2 Å². The van der Waals surface area contributed by atoms with Crippen LogP contribution in [0.15, 0.2) is 30.3 Å². The molecule has 0 radical (unpaired) electrons. The van der Waals surface area contributed by atoms with Crippen LogP contribution in [0.1, 0.15) is 12.8 Å². The van der Waals surface area contributed by atoms with E-state index >= 15 is 0 Å². The fourth-order valence-electron chi connectivity index (χ4n) is 1.54. The molecule has 0 heterocycles. The summed E-state index contributed by atoms with van der Waals surface area (Å²) in [5.74, 6) is -1.05. The standard InChI is InChI=1S/C13H14F3NO4/c14-13(15,16)9-21-12(20)17(8-4-7-11(18)19)10-5-2-1-3-6-10/h1-3,5-6H,4,7-9H2,(H,18,19). The summed E-state index contributed by atoms with van der Waals surface area (Å²) in [5.41, 5.74) is 0.343. The molecule has 0 spiro atoms. The van der Waals surface area contributed by atoms with Crippen LogP contribution in [0.3, 0.4) is 0 Å². The van der Waals surface area contributed by atoms with Crippen molar-refractivity contribution in [1.82, 2.24) is 0 Å². The summed E-state index contributed by atoms with van der Waals surface area (Å²) in [6.45, 7) is -1.74. The predicted octanol–water partition coefficient (Wildman–Crippen LogP) is 3.06. The van der Waals surface area contributed by atoms with Crippen LogP contribution in [0.5, 0.6) is 0 Å². The Morgan fingerprint density at radius 1 is 1.19 bits per heavy atom. The van der Waals surface area contributed by atoms with Crippen LogP contribution in [-0.2, 0) is 9.53 Å². The fraction of sp³-hybridized carbons (Fsp3) is 0.385. The number of rotatable bonds is 6. The third-order valence-corrected chi connectivity index (χ3v) is 2.42. The maximum atomic E-state index is 12.1. The molecule has 1 aromatic carbocycles. The third kappa shape index (κ3) is 6.64. The van der Waals surface area contributed by atoms with Crippen molar-refractivity contribution in [1.29, 1.82) is 0 Å². The smallest absolute Gasteiger partial charge is 0.422 e. The average Bonchev–Trinajstić information content (AvgIpc) is 2.41. The van der Waals surface area contributed by atoms with Gasteiger partial charge in [0.2, 0.25) is 0 Å². The summed E-state index contributed by atoms with van der Waals surface area (Å²) in [6, 6.07) is 7.94. The highest BCUT2D eigenvalue weighted by Crippen LogP contribution is 2.19. The molecule has 0 aliphatic rings. The lowest BCUT2D eigenvalue weighted by atomic mass is 10.2. The number of carboxylic acid groups (broad SMARTS) is 1. The Balaban J connectivity index is 2.72. The minimum atomic E-state index is -4.61. The minimum absolute atomic E-state index is 0.0486. The molecule has 0 fully saturated rings. The Morgan fingerprint density at radius 2 is 1.81 bits per heavy atom.